The number of ether oxygens (including phenoxy) is 1. The Balaban J connectivity index is 1.74. The monoisotopic (exact) mass is 343 g/mol. The molecule has 2 N–H and O–H groups in total. The fraction of sp³-hybridized carbons (Fsp3) is 0.0625. The topological polar surface area (TPSA) is 92.0 Å². The molecule has 0 radical (unpaired) electrons. The Bertz CT molecular complexity index is 1030. The second kappa shape index (κ2) is 5.86. The molecule has 2 heterocycles. The zero-order valence-corrected chi connectivity index (χ0v) is 12.6. The summed E-state index contributed by atoms with van der Waals surface area (Å²) in [5, 5.41) is 7.50. The molecule has 0 amide bonds. The molecule has 0 fully saturated rings. The summed E-state index contributed by atoms with van der Waals surface area (Å²) in [6, 6.07) is 11.7. The second-order valence-corrected chi connectivity index (χ2v) is 5.14. The smallest absolute Gasteiger partial charge is 0.387 e. The van der Waals surface area contributed by atoms with Crippen LogP contribution >= 0.6 is 0 Å². The molecule has 2 aromatic carbocycles. The lowest BCUT2D eigenvalue weighted by Gasteiger charge is -2.07. The van der Waals surface area contributed by atoms with Crippen molar-refractivity contribution in [2.45, 2.75) is 6.61 Å². The van der Waals surface area contributed by atoms with Gasteiger partial charge in [-0.2, -0.15) is 8.78 Å². The Labute approximate surface area is 139 Å². The summed E-state index contributed by atoms with van der Waals surface area (Å²) in [5.74, 6) is 0.387. The number of benzene rings is 2. The Hall–Kier alpha value is -3.49. The minimum atomic E-state index is -2.86. The van der Waals surface area contributed by atoms with Gasteiger partial charge >= 0.3 is 12.6 Å². The first kappa shape index (κ1) is 15.1. The molecule has 2 aromatic heterocycles. The Kier molecular flexibility index (Phi) is 3.53. The van der Waals surface area contributed by atoms with Crippen molar-refractivity contribution >= 4 is 17.0 Å². The van der Waals surface area contributed by atoms with Crippen LogP contribution < -0.4 is 10.5 Å². The average Bonchev–Trinajstić information content (AvgIpc) is 3.21. The molecule has 25 heavy (non-hydrogen) atoms. The fourth-order valence-corrected chi connectivity index (χ4v) is 2.49. The molecule has 0 aliphatic rings. The summed E-state index contributed by atoms with van der Waals surface area (Å²) in [5.41, 5.74) is 8.43. The number of nitrogen functional groups attached to an aromatic ring is 1. The molecule has 0 saturated carbocycles. The molecule has 0 saturated heterocycles. The second-order valence-electron chi connectivity index (χ2n) is 5.14. The highest BCUT2D eigenvalue weighted by Gasteiger charge is 2.11. The van der Waals surface area contributed by atoms with Crippen molar-refractivity contribution in [3.8, 4) is 22.9 Å². The normalized spacial score (nSPS) is 11.3. The van der Waals surface area contributed by atoms with Crippen molar-refractivity contribution < 1.29 is 17.9 Å². The SMILES string of the molecule is Nc1nnc(-c2ccc3ncn(-c4ccc(OC(F)F)cc4)c3c2)o1. The Morgan fingerprint density at radius 3 is 2.56 bits per heavy atom. The van der Waals surface area contributed by atoms with Crippen LogP contribution in [0.2, 0.25) is 0 Å². The van der Waals surface area contributed by atoms with E-state index in [1.54, 1.807) is 24.5 Å². The molecule has 0 bridgehead atoms. The van der Waals surface area contributed by atoms with Crippen LogP contribution in [0, 0.1) is 0 Å². The number of fused-ring (bicyclic) bond motifs is 1. The predicted molar refractivity (Wildman–Crippen MR) is 85.4 cm³/mol. The zero-order valence-electron chi connectivity index (χ0n) is 12.6. The number of anilines is 1. The molecule has 0 unspecified atom stereocenters. The van der Waals surface area contributed by atoms with Gasteiger partial charge in [-0.3, -0.25) is 4.57 Å². The van der Waals surface area contributed by atoms with E-state index >= 15 is 0 Å². The fourth-order valence-electron chi connectivity index (χ4n) is 2.49. The molecule has 7 nitrogen and oxygen atoms in total. The van der Waals surface area contributed by atoms with E-state index in [1.165, 1.54) is 12.1 Å². The molecular weight excluding hydrogens is 332 g/mol. The van der Waals surface area contributed by atoms with Crippen LogP contribution in [0.15, 0.2) is 53.2 Å². The number of aromatic nitrogens is 4. The quantitative estimate of drug-likeness (QED) is 0.611. The van der Waals surface area contributed by atoms with Gasteiger partial charge in [0.1, 0.15) is 12.1 Å². The number of hydrogen-bond donors (Lipinski definition) is 1. The first-order valence-corrected chi connectivity index (χ1v) is 7.22. The molecule has 4 rings (SSSR count). The largest absolute Gasteiger partial charge is 0.435 e. The van der Waals surface area contributed by atoms with Crippen LogP contribution in [0.5, 0.6) is 5.75 Å². The van der Waals surface area contributed by atoms with Crippen LogP contribution in [0.1, 0.15) is 0 Å². The third-order valence-corrected chi connectivity index (χ3v) is 3.57. The van der Waals surface area contributed by atoms with Gasteiger partial charge in [0.05, 0.1) is 11.0 Å². The Morgan fingerprint density at radius 1 is 1.08 bits per heavy atom. The maximum Gasteiger partial charge on any atom is 0.387 e. The van der Waals surface area contributed by atoms with Gasteiger partial charge in [-0.1, -0.05) is 5.10 Å². The average molecular weight is 343 g/mol. The van der Waals surface area contributed by atoms with E-state index in [2.05, 4.69) is 19.9 Å². The standard InChI is InChI=1S/C16H11F2N5O2/c17-15(18)24-11-4-2-10(3-5-11)23-8-20-12-6-1-9(7-13(12)23)14-21-22-16(19)25-14/h1-8,15H,(H2,19,22). The maximum atomic E-state index is 12.2. The number of nitrogens with zero attached hydrogens (tertiary/aromatic N) is 4. The van der Waals surface area contributed by atoms with Crippen molar-refractivity contribution in [1.82, 2.24) is 19.7 Å². The maximum absolute atomic E-state index is 12.2. The lowest BCUT2D eigenvalue weighted by Crippen LogP contribution is -2.02. The van der Waals surface area contributed by atoms with E-state index in [-0.39, 0.29) is 11.8 Å². The minimum Gasteiger partial charge on any atom is -0.435 e. The number of alkyl halides is 2. The van der Waals surface area contributed by atoms with Gasteiger partial charge in [-0.25, -0.2) is 4.98 Å². The summed E-state index contributed by atoms with van der Waals surface area (Å²) in [7, 11) is 0. The van der Waals surface area contributed by atoms with Crippen molar-refractivity contribution in [2.24, 2.45) is 0 Å². The molecule has 4 aromatic rings. The third-order valence-electron chi connectivity index (χ3n) is 3.57. The summed E-state index contributed by atoms with van der Waals surface area (Å²) in [4.78, 5) is 4.33. The van der Waals surface area contributed by atoms with Crippen LogP contribution in [0.25, 0.3) is 28.2 Å². The first-order valence-electron chi connectivity index (χ1n) is 7.22. The molecule has 0 aliphatic heterocycles. The lowest BCUT2D eigenvalue weighted by molar-refractivity contribution is -0.0498. The molecule has 0 spiro atoms. The van der Waals surface area contributed by atoms with E-state index in [4.69, 9.17) is 10.2 Å². The van der Waals surface area contributed by atoms with Gasteiger partial charge in [0.25, 0.3) is 0 Å². The van der Waals surface area contributed by atoms with Gasteiger partial charge in [-0.15, -0.1) is 5.10 Å². The van der Waals surface area contributed by atoms with E-state index in [1.807, 2.05) is 16.7 Å². The number of rotatable bonds is 4. The van der Waals surface area contributed by atoms with Crippen molar-refractivity contribution in [1.29, 1.82) is 0 Å². The van der Waals surface area contributed by atoms with Gasteiger partial charge in [0.2, 0.25) is 5.89 Å². The molecular formula is C16H11F2N5O2. The predicted octanol–water partition coefficient (Wildman–Crippen LogP) is 3.26. The van der Waals surface area contributed by atoms with Crippen molar-refractivity contribution in [2.75, 3.05) is 5.73 Å². The summed E-state index contributed by atoms with van der Waals surface area (Å²) >= 11 is 0. The van der Waals surface area contributed by atoms with Gasteiger partial charge < -0.3 is 14.9 Å². The van der Waals surface area contributed by atoms with Gasteiger partial charge in [0.15, 0.2) is 0 Å². The summed E-state index contributed by atoms with van der Waals surface area (Å²) in [6.07, 6.45) is 1.64. The summed E-state index contributed by atoms with van der Waals surface area (Å²) < 4.78 is 35.9. The van der Waals surface area contributed by atoms with E-state index < -0.39 is 6.61 Å². The summed E-state index contributed by atoms with van der Waals surface area (Å²) in [6.45, 7) is -2.86. The molecule has 0 atom stereocenters. The minimum absolute atomic E-state index is 0.0155. The molecule has 9 heteroatoms. The highest BCUT2D eigenvalue weighted by Crippen LogP contribution is 2.26. The van der Waals surface area contributed by atoms with E-state index in [0.29, 0.717) is 11.5 Å². The number of halogens is 2. The van der Waals surface area contributed by atoms with Crippen molar-refractivity contribution in [3.05, 3.63) is 48.8 Å². The highest BCUT2D eigenvalue weighted by molar-refractivity contribution is 5.82. The third kappa shape index (κ3) is 2.87. The van der Waals surface area contributed by atoms with E-state index in [9.17, 15) is 8.78 Å². The van der Waals surface area contributed by atoms with Crippen LogP contribution in [-0.2, 0) is 0 Å². The number of nitrogens with two attached hydrogens (primary N) is 1. The first-order chi connectivity index (χ1) is 12.1. The van der Waals surface area contributed by atoms with Crippen LogP contribution in [-0.4, -0.2) is 26.4 Å². The number of hydrogen-bond acceptors (Lipinski definition) is 6. The highest BCUT2D eigenvalue weighted by atomic mass is 19.3. The van der Waals surface area contributed by atoms with Gasteiger partial charge in [-0.05, 0) is 42.5 Å². The van der Waals surface area contributed by atoms with Crippen LogP contribution in [0.4, 0.5) is 14.8 Å². The zero-order chi connectivity index (χ0) is 17.4. The molecule has 126 valence electrons. The van der Waals surface area contributed by atoms with Gasteiger partial charge in [0, 0.05) is 11.3 Å². The molecule has 0 aliphatic carbocycles. The van der Waals surface area contributed by atoms with Crippen LogP contribution in [0.3, 0.4) is 0 Å². The number of imidazole rings is 1. The lowest BCUT2D eigenvalue weighted by atomic mass is 10.2. The van der Waals surface area contributed by atoms with Crippen molar-refractivity contribution in [3.63, 3.8) is 0 Å². The van der Waals surface area contributed by atoms with E-state index in [0.717, 1.165) is 16.7 Å². The Morgan fingerprint density at radius 2 is 1.88 bits per heavy atom.